The van der Waals surface area contributed by atoms with Crippen LogP contribution in [0, 0.1) is 0 Å². The minimum absolute atomic E-state index is 0.623. The van der Waals surface area contributed by atoms with Gasteiger partial charge in [-0.25, -0.2) is 4.79 Å². The second-order valence-corrected chi connectivity index (χ2v) is 9.78. The van der Waals surface area contributed by atoms with E-state index in [2.05, 4.69) is 19.6 Å². The molecule has 5 heteroatoms. The van der Waals surface area contributed by atoms with Crippen molar-refractivity contribution >= 4 is 31.3 Å². The van der Waals surface area contributed by atoms with Crippen LogP contribution in [0.1, 0.15) is 6.92 Å². The van der Waals surface area contributed by atoms with Crippen LogP contribution in [0.3, 0.4) is 0 Å². The Balaban J connectivity index is 5.05. The van der Waals surface area contributed by atoms with Gasteiger partial charge in [-0.3, -0.25) is 0 Å². The summed E-state index contributed by atoms with van der Waals surface area (Å²) in [5, 5.41) is 8.70. The highest BCUT2D eigenvalue weighted by molar-refractivity contribution is 7.80. The number of nitrogens with zero attached hydrogens (tertiary/aromatic N) is 1. The van der Waals surface area contributed by atoms with E-state index in [1.807, 2.05) is 11.6 Å². The van der Waals surface area contributed by atoms with Crippen LogP contribution in [0.15, 0.2) is 11.8 Å². The Labute approximate surface area is 91.5 Å². The molecule has 0 aromatic heterocycles. The van der Waals surface area contributed by atoms with Gasteiger partial charge in [0.05, 0.1) is 0 Å². The predicted molar refractivity (Wildman–Crippen MR) is 65.1 cm³/mol. The third kappa shape index (κ3) is 4.02. The molecular formula is C9H17NO2SSi. The smallest absolute Gasteiger partial charge is 0.330 e. The van der Waals surface area contributed by atoms with Crippen molar-refractivity contribution in [3.05, 3.63) is 11.8 Å². The van der Waals surface area contributed by atoms with E-state index in [4.69, 9.17) is 17.3 Å². The van der Waals surface area contributed by atoms with Crippen molar-refractivity contribution in [1.29, 1.82) is 0 Å². The van der Waals surface area contributed by atoms with E-state index in [9.17, 15) is 4.79 Å². The fourth-order valence-corrected chi connectivity index (χ4v) is 2.14. The number of allylic oxidation sites excluding steroid dienone is 1. The monoisotopic (exact) mass is 231 g/mol. The van der Waals surface area contributed by atoms with Gasteiger partial charge < -0.3 is 9.67 Å². The third-order valence-electron chi connectivity index (χ3n) is 1.99. The standard InChI is InChI=1S/C9H17NO2SSi/c1-7(13)8(6-9(11)12)10(2)14(3,4)5/h6H,1-5H3,(H,11,12). The van der Waals surface area contributed by atoms with Gasteiger partial charge in [0.15, 0.2) is 0 Å². The first-order valence-corrected chi connectivity index (χ1v) is 8.21. The summed E-state index contributed by atoms with van der Waals surface area (Å²) in [4.78, 5) is 11.2. The number of carboxylic acids is 1. The van der Waals surface area contributed by atoms with Crippen molar-refractivity contribution in [3.8, 4) is 0 Å². The molecule has 0 amide bonds. The molecule has 0 fully saturated rings. The van der Waals surface area contributed by atoms with Gasteiger partial charge in [0.2, 0.25) is 0 Å². The van der Waals surface area contributed by atoms with Crippen molar-refractivity contribution in [2.24, 2.45) is 0 Å². The fourth-order valence-electron chi connectivity index (χ4n) is 0.913. The molecule has 0 unspecified atom stereocenters. The summed E-state index contributed by atoms with van der Waals surface area (Å²) in [5.74, 6) is -0.950. The lowest BCUT2D eigenvalue weighted by Gasteiger charge is -2.33. The van der Waals surface area contributed by atoms with Gasteiger partial charge in [-0.2, -0.15) is 0 Å². The quantitative estimate of drug-likeness (QED) is 0.457. The van der Waals surface area contributed by atoms with E-state index >= 15 is 0 Å². The maximum Gasteiger partial charge on any atom is 0.330 e. The van der Waals surface area contributed by atoms with Crippen LogP contribution in [0.4, 0.5) is 0 Å². The lowest BCUT2D eigenvalue weighted by molar-refractivity contribution is -0.131. The summed E-state index contributed by atoms with van der Waals surface area (Å²) < 4.78 is 2.00. The third-order valence-corrected chi connectivity index (χ3v) is 4.45. The summed E-state index contributed by atoms with van der Waals surface area (Å²) in [6.45, 7) is 8.17. The van der Waals surface area contributed by atoms with E-state index in [1.165, 1.54) is 6.08 Å². The summed E-state index contributed by atoms with van der Waals surface area (Å²) in [6, 6.07) is 0. The number of hydrogen-bond acceptors (Lipinski definition) is 3. The molecule has 0 aromatic rings. The Morgan fingerprint density at radius 1 is 1.43 bits per heavy atom. The molecule has 1 N–H and O–H groups in total. The zero-order valence-corrected chi connectivity index (χ0v) is 11.1. The molecule has 0 aliphatic heterocycles. The van der Waals surface area contributed by atoms with Crippen LogP contribution < -0.4 is 0 Å². The molecule has 0 aromatic carbocycles. The molecule has 80 valence electrons. The van der Waals surface area contributed by atoms with Crippen LogP contribution >= 0.6 is 12.2 Å². The van der Waals surface area contributed by atoms with Gasteiger partial charge >= 0.3 is 5.97 Å². The first-order chi connectivity index (χ1) is 6.16. The number of aliphatic carboxylic acids is 1. The van der Waals surface area contributed by atoms with Crippen molar-refractivity contribution in [2.45, 2.75) is 26.6 Å². The van der Waals surface area contributed by atoms with Crippen LogP contribution in [0.25, 0.3) is 0 Å². The minimum Gasteiger partial charge on any atom is -0.478 e. The summed E-state index contributed by atoms with van der Waals surface area (Å²) in [6.07, 6.45) is 1.18. The maximum atomic E-state index is 10.6. The molecule has 0 heterocycles. The molecule has 0 saturated heterocycles. The SMILES string of the molecule is CC(=S)C(=CC(=O)O)N(C)[Si](C)(C)C. The number of carbonyl (C=O) groups is 1. The molecule has 0 aliphatic rings. The average molecular weight is 231 g/mol. The molecule has 0 spiro atoms. The van der Waals surface area contributed by atoms with Gasteiger partial charge in [0, 0.05) is 16.6 Å². The van der Waals surface area contributed by atoms with Crippen molar-refractivity contribution in [2.75, 3.05) is 7.05 Å². The first kappa shape index (κ1) is 13.3. The van der Waals surface area contributed by atoms with Gasteiger partial charge in [-0.05, 0) is 14.0 Å². The molecule has 0 rings (SSSR count). The summed E-state index contributed by atoms with van der Waals surface area (Å²) in [5.41, 5.74) is 0.645. The molecule has 14 heavy (non-hydrogen) atoms. The minimum atomic E-state index is -1.54. The van der Waals surface area contributed by atoms with Crippen molar-refractivity contribution in [3.63, 3.8) is 0 Å². The van der Waals surface area contributed by atoms with E-state index in [0.29, 0.717) is 10.6 Å². The highest BCUT2D eigenvalue weighted by Gasteiger charge is 2.23. The Bertz CT molecular complexity index is 281. The summed E-state index contributed by atoms with van der Waals surface area (Å²) >= 11 is 5.03. The zero-order valence-electron chi connectivity index (χ0n) is 9.29. The number of hydrogen-bond donors (Lipinski definition) is 1. The predicted octanol–water partition coefficient (Wildman–Crippen LogP) is 2.11. The molecule has 0 bridgehead atoms. The van der Waals surface area contributed by atoms with E-state index < -0.39 is 14.2 Å². The van der Waals surface area contributed by atoms with E-state index in [-0.39, 0.29) is 0 Å². The van der Waals surface area contributed by atoms with Crippen molar-refractivity contribution < 1.29 is 9.90 Å². The number of carboxylic acid groups (broad SMARTS) is 1. The normalized spacial score (nSPS) is 12.5. The van der Waals surface area contributed by atoms with Crippen LogP contribution in [0.2, 0.25) is 19.6 Å². The van der Waals surface area contributed by atoms with Crippen LogP contribution in [0.5, 0.6) is 0 Å². The Morgan fingerprint density at radius 3 is 2.07 bits per heavy atom. The molecule has 0 radical (unpaired) electrons. The lowest BCUT2D eigenvalue weighted by Crippen LogP contribution is -2.43. The zero-order chi connectivity index (χ0) is 11.5. The van der Waals surface area contributed by atoms with Gasteiger partial charge in [0.1, 0.15) is 8.24 Å². The van der Waals surface area contributed by atoms with Crippen LogP contribution in [-0.4, -0.2) is 35.8 Å². The largest absolute Gasteiger partial charge is 0.478 e. The highest BCUT2D eigenvalue weighted by Crippen LogP contribution is 2.15. The second-order valence-electron chi connectivity index (χ2n) is 4.15. The summed E-state index contributed by atoms with van der Waals surface area (Å²) in [7, 11) is 0.361. The van der Waals surface area contributed by atoms with E-state index in [0.717, 1.165) is 0 Å². The highest BCUT2D eigenvalue weighted by atomic mass is 32.1. The Hall–Kier alpha value is -0.683. The van der Waals surface area contributed by atoms with Gasteiger partial charge in [0.25, 0.3) is 0 Å². The second kappa shape index (κ2) is 4.70. The average Bonchev–Trinajstić information content (AvgIpc) is 1.96. The van der Waals surface area contributed by atoms with Crippen molar-refractivity contribution in [1.82, 2.24) is 4.57 Å². The lowest BCUT2D eigenvalue weighted by atomic mass is 10.3. The molecular weight excluding hydrogens is 214 g/mol. The molecule has 3 nitrogen and oxygen atoms in total. The molecule has 0 atom stereocenters. The van der Waals surface area contributed by atoms with Gasteiger partial charge in [-0.1, -0.05) is 31.9 Å². The topological polar surface area (TPSA) is 40.5 Å². The van der Waals surface area contributed by atoms with Gasteiger partial charge in [-0.15, -0.1) is 0 Å². The number of rotatable bonds is 4. The van der Waals surface area contributed by atoms with E-state index in [1.54, 1.807) is 6.92 Å². The maximum absolute atomic E-state index is 10.6. The first-order valence-electron chi connectivity index (χ1n) is 4.35. The van der Waals surface area contributed by atoms with Crippen LogP contribution in [-0.2, 0) is 4.79 Å². The fraction of sp³-hybridized carbons (Fsp3) is 0.556. The Kier molecular flexibility index (Phi) is 4.47. The Morgan fingerprint density at radius 2 is 1.86 bits per heavy atom. The number of thiocarbonyl (C=S) groups is 1. The molecule has 0 aliphatic carbocycles. The molecule has 0 saturated carbocycles.